The largest absolute Gasteiger partial charge is 0.481 e. The van der Waals surface area contributed by atoms with Crippen LogP contribution in [0.1, 0.15) is 23.3 Å². The van der Waals surface area contributed by atoms with Gasteiger partial charge in [-0.1, -0.05) is 0 Å². The molecule has 1 amide bonds. The van der Waals surface area contributed by atoms with Gasteiger partial charge >= 0.3 is 12.1 Å². The zero-order valence-electron chi connectivity index (χ0n) is 10.4. The molecule has 0 unspecified atom stereocenters. The Morgan fingerprint density at radius 2 is 2.05 bits per heavy atom. The van der Waals surface area contributed by atoms with E-state index in [1.807, 2.05) is 0 Å². The molecule has 2 rings (SSSR count). The lowest BCUT2D eigenvalue weighted by molar-refractivity contribution is -0.143. The van der Waals surface area contributed by atoms with Gasteiger partial charge in [-0.3, -0.25) is 9.59 Å². The van der Waals surface area contributed by atoms with Crippen molar-refractivity contribution < 1.29 is 27.9 Å². The zero-order chi connectivity index (χ0) is 15.0. The Morgan fingerprint density at radius 1 is 1.40 bits per heavy atom. The lowest BCUT2D eigenvalue weighted by Gasteiger charge is -2.14. The fraction of sp³-hybridized carbons (Fsp3) is 0.500. The molecule has 1 heterocycles. The number of halogens is 3. The van der Waals surface area contributed by atoms with Crippen LogP contribution in [0.25, 0.3) is 0 Å². The maximum atomic E-state index is 12.3. The van der Waals surface area contributed by atoms with E-state index < -0.39 is 30.0 Å². The minimum absolute atomic E-state index is 0.0711. The van der Waals surface area contributed by atoms with Crippen LogP contribution in [0.15, 0.2) is 18.3 Å². The first kappa shape index (κ1) is 14.4. The first-order chi connectivity index (χ1) is 9.23. The third-order valence-corrected chi connectivity index (χ3v) is 3.31. The molecule has 2 N–H and O–H groups in total. The predicted octanol–water partition coefficient (Wildman–Crippen LogP) is 1.64. The van der Waals surface area contributed by atoms with E-state index in [9.17, 15) is 22.8 Å². The van der Waals surface area contributed by atoms with Gasteiger partial charge in [0, 0.05) is 12.7 Å². The molecule has 20 heavy (non-hydrogen) atoms. The van der Waals surface area contributed by atoms with Crippen LogP contribution < -0.4 is 5.32 Å². The minimum atomic E-state index is -4.42. The van der Waals surface area contributed by atoms with Crippen LogP contribution in [0.2, 0.25) is 0 Å². The molecule has 1 saturated carbocycles. The Balaban J connectivity index is 2.00. The van der Waals surface area contributed by atoms with Gasteiger partial charge in [-0.25, -0.2) is 0 Å². The molecular formula is C12H13F3N2O3. The average molecular weight is 290 g/mol. The van der Waals surface area contributed by atoms with E-state index in [0.717, 1.165) is 10.8 Å². The highest BCUT2D eigenvalue weighted by molar-refractivity contribution is 5.93. The quantitative estimate of drug-likeness (QED) is 0.866. The Hall–Kier alpha value is -1.99. The van der Waals surface area contributed by atoms with E-state index in [-0.39, 0.29) is 12.2 Å². The molecule has 1 fully saturated rings. The van der Waals surface area contributed by atoms with E-state index in [1.165, 1.54) is 12.1 Å². The number of nitrogens with zero attached hydrogens (tertiary/aromatic N) is 1. The number of carboxylic acid groups (broad SMARTS) is 1. The van der Waals surface area contributed by atoms with Crippen LogP contribution in [-0.2, 0) is 11.3 Å². The Kier molecular flexibility index (Phi) is 3.49. The van der Waals surface area contributed by atoms with Gasteiger partial charge in [0.1, 0.15) is 12.2 Å². The van der Waals surface area contributed by atoms with Crippen molar-refractivity contribution in [2.45, 2.75) is 25.6 Å². The summed E-state index contributed by atoms with van der Waals surface area (Å²) in [5.41, 5.74) is -1.08. The van der Waals surface area contributed by atoms with Crippen molar-refractivity contribution in [1.29, 1.82) is 0 Å². The van der Waals surface area contributed by atoms with Crippen molar-refractivity contribution in [3.05, 3.63) is 24.0 Å². The van der Waals surface area contributed by atoms with Gasteiger partial charge in [-0.05, 0) is 25.0 Å². The van der Waals surface area contributed by atoms with Crippen molar-refractivity contribution in [2.24, 2.45) is 5.41 Å². The molecule has 5 nitrogen and oxygen atoms in total. The molecule has 0 bridgehead atoms. The van der Waals surface area contributed by atoms with E-state index in [4.69, 9.17) is 5.11 Å². The van der Waals surface area contributed by atoms with E-state index in [0.29, 0.717) is 12.8 Å². The molecule has 8 heteroatoms. The minimum Gasteiger partial charge on any atom is -0.481 e. The monoisotopic (exact) mass is 290 g/mol. The number of aliphatic carboxylic acids is 1. The Morgan fingerprint density at radius 3 is 2.55 bits per heavy atom. The molecule has 110 valence electrons. The van der Waals surface area contributed by atoms with Crippen LogP contribution in [0.4, 0.5) is 13.2 Å². The Labute approximate surface area is 112 Å². The SMILES string of the molecule is O=C(NCC1(C(=O)O)CC1)c1cccn1CC(F)(F)F. The fourth-order valence-corrected chi connectivity index (χ4v) is 1.91. The summed E-state index contributed by atoms with van der Waals surface area (Å²) >= 11 is 0. The number of hydrogen-bond acceptors (Lipinski definition) is 2. The summed E-state index contributed by atoms with van der Waals surface area (Å²) in [6.45, 7) is -1.33. The third-order valence-electron chi connectivity index (χ3n) is 3.31. The fourth-order valence-electron chi connectivity index (χ4n) is 1.91. The second kappa shape index (κ2) is 4.84. The molecule has 1 aliphatic rings. The molecule has 0 aromatic carbocycles. The van der Waals surface area contributed by atoms with E-state index in [1.54, 1.807) is 0 Å². The van der Waals surface area contributed by atoms with Crippen molar-refractivity contribution in [2.75, 3.05) is 6.54 Å². The summed E-state index contributed by atoms with van der Waals surface area (Å²) in [4.78, 5) is 22.7. The average Bonchev–Trinajstić information content (AvgIpc) is 2.99. The third kappa shape index (κ3) is 3.12. The number of alkyl halides is 3. The number of carbonyl (C=O) groups is 2. The summed E-state index contributed by atoms with van der Waals surface area (Å²) in [6, 6.07) is 2.60. The highest BCUT2D eigenvalue weighted by Crippen LogP contribution is 2.45. The van der Waals surface area contributed by atoms with Crippen LogP contribution in [0, 0.1) is 5.41 Å². The zero-order valence-corrected chi connectivity index (χ0v) is 10.4. The van der Waals surface area contributed by atoms with Gasteiger partial charge in [0.2, 0.25) is 0 Å². The number of rotatable bonds is 5. The number of aromatic nitrogens is 1. The number of nitrogens with one attached hydrogen (secondary N) is 1. The van der Waals surface area contributed by atoms with Gasteiger partial charge in [0.15, 0.2) is 0 Å². The molecule has 0 spiro atoms. The first-order valence-electron chi connectivity index (χ1n) is 5.97. The van der Waals surface area contributed by atoms with Crippen molar-refractivity contribution in [3.63, 3.8) is 0 Å². The number of hydrogen-bond donors (Lipinski definition) is 2. The smallest absolute Gasteiger partial charge is 0.406 e. The predicted molar refractivity (Wildman–Crippen MR) is 62.1 cm³/mol. The van der Waals surface area contributed by atoms with Crippen LogP contribution in [-0.4, -0.2) is 34.3 Å². The highest BCUT2D eigenvalue weighted by atomic mass is 19.4. The molecule has 0 saturated heterocycles. The van der Waals surface area contributed by atoms with Gasteiger partial charge in [-0.15, -0.1) is 0 Å². The summed E-state index contributed by atoms with van der Waals surface area (Å²) < 4.78 is 37.8. The summed E-state index contributed by atoms with van der Waals surface area (Å²) in [6.07, 6.45) is -2.34. The number of carbonyl (C=O) groups excluding carboxylic acids is 1. The molecule has 1 aromatic rings. The van der Waals surface area contributed by atoms with Gasteiger partial charge in [-0.2, -0.15) is 13.2 Å². The molecular weight excluding hydrogens is 277 g/mol. The normalized spacial score (nSPS) is 16.8. The lowest BCUT2D eigenvalue weighted by Crippen LogP contribution is -2.35. The molecule has 0 atom stereocenters. The van der Waals surface area contributed by atoms with Crippen LogP contribution in [0.5, 0.6) is 0 Å². The summed E-state index contributed by atoms with van der Waals surface area (Å²) in [7, 11) is 0. The van der Waals surface area contributed by atoms with Gasteiger partial charge in [0.25, 0.3) is 5.91 Å². The maximum absolute atomic E-state index is 12.3. The maximum Gasteiger partial charge on any atom is 0.406 e. The highest BCUT2D eigenvalue weighted by Gasteiger charge is 2.50. The van der Waals surface area contributed by atoms with E-state index in [2.05, 4.69) is 5.32 Å². The van der Waals surface area contributed by atoms with Crippen molar-refractivity contribution in [1.82, 2.24) is 9.88 Å². The molecule has 1 aromatic heterocycles. The number of amides is 1. The van der Waals surface area contributed by atoms with Crippen LogP contribution in [0.3, 0.4) is 0 Å². The first-order valence-corrected chi connectivity index (χ1v) is 5.97. The summed E-state index contributed by atoms with van der Waals surface area (Å²) in [5.74, 6) is -1.70. The molecule has 0 radical (unpaired) electrons. The van der Waals surface area contributed by atoms with Gasteiger partial charge < -0.3 is 15.0 Å². The second-order valence-electron chi connectivity index (χ2n) is 4.90. The lowest BCUT2D eigenvalue weighted by atomic mass is 10.1. The van der Waals surface area contributed by atoms with Crippen LogP contribution >= 0.6 is 0 Å². The van der Waals surface area contributed by atoms with E-state index >= 15 is 0 Å². The molecule has 1 aliphatic carbocycles. The molecule has 0 aliphatic heterocycles. The van der Waals surface area contributed by atoms with Crippen molar-refractivity contribution >= 4 is 11.9 Å². The van der Waals surface area contributed by atoms with Gasteiger partial charge in [0.05, 0.1) is 5.41 Å². The second-order valence-corrected chi connectivity index (χ2v) is 4.90. The standard InChI is InChI=1S/C12H13F3N2O3/c13-12(14,15)7-17-5-1-2-8(17)9(18)16-6-11(3-4-11)10(19)20/h1-2,5H,3-4,6-7H2,(H,16,18)(H,19,20). The Bertz CT molecular complexity index is 532. The topological polar surface area (TPSA) is 71.3 Å². The summed E-state index contributed by atoms with van der Waals surface area (Å²) in [5, 5.41) is 11.3. The van der Waals surface area contributed by atoms with Crippen molar-refractivity contribution in [3.8, 4) is 0 Å². The number of carboxylic acids is 1.